The van der Waals surface area contributed by atoms with Gasteiger partial charge in [0.05, 0.1) is 23.1 Å². The van der Waals surface area contributed by atoms with Crippen LogP contribution in [0.1, 0.15) is 43.0 Å². The van der Waals surface area contributed by atoms with Crippen molar-refractivity contribution in [1.29, 1.82) is 0 Å². The average molecular weight is 366 g/mol. The van der Waals surface area contributed by atoms with E-state index >= 15 is 0 Å². The van der Waals surface area contributed by atoms with Crippen LogP contribution in [0.4, 0.5) is 4.39 Å². The zero-order valence-electron chi connectivity index (χ0n) is 11.5. The Bertz CT molecular complexity index is 450. The van der Waals surface area contributed by atoms with Crippen LogP contribution in [0, 0.1) is 5.82 Å². The number of methoxy groups -OCH3 is 1. The van der Waals surface area contributed by atoms with Crippen molar-refractivity contribution in [2.75, 3.05) is 13.7 Å². The number of ether oxygens (including phenoxy) is 2. The molecule has 1 aromatic rings. The highest BCUT2D eigenvalue weighted by atomic mass is 79.9. The fourth-order valence-electron chi connectivity index (χ4n) is 2.49. The zero-order chi connectivity index (χ0) is 14.5. The van der Waals surface area contributed by atoms with Gasteiger partial charge in [0.1, 0.15) is 11.6 Å². The molecule has 0 saturated carbocycles. The van der Waals surface area contributed by atoms with Crippen LogP contribution in [-0.2, 0) is 4.74 Å². The molecule has 1 heterocycles. The molecule has 1 aliphatic rings. The Hall–Kier alpha value is -0.320. The van der Waals surface area contributed by atoms with Crippen molar-refractivity contribution in [3.63, 3.8) is 0 Å². The van der Waals surface area contributed by atoms with Crippen molar-refractivity contribution in [2.45, 2.75) is 43.6 Å². The minimum Gasteiger partial charge on any atom is -0.496 e. The molecule has 2 unspecified atom stereocenters. The van der Waals surface area contributed by atoms with E-state index in [4.69, 9.17) is 21.1 Å². The van der Waals surface area contributed by atoms with E-state index in [-0.39, 0.29) is 11.2 Å². The Labute approximate surface area is 132 Å². The van der Waals surface area contributed by atoms with Crippen LogP contribution in [0.25, 0.3) is 0 Å². The van der Waals surface area contributed by atoms with Gasteiger partial charge in [-0.05, 0) is 54.1 Å². The summed E-state index contributed by atoms with van der Waals surface area (Å²) in [6, 6.07) is 3.07. The molecule has 1 fully saturated rings. The van der Waals surface area contributed by atoms with Gasteiger partial charge in [-0.25, -0.2) is 4.39 Å². The molecule has 112 valence electrons. The second kappa shape index (κ2) is 7.62. The van der Waals surface area contributed by atoms with E-state index in [0.29, 0.717) is 16.3 Å². The second-order valence-corrected chi connectivity index (χ2v) is 6.42. The standard InChI is InChI=1S/C15H19BrClFO2/c1-19-15-9-14(18)12(16)8-11(15)13(17)6-5-10-4-2-3-7-20-10/h8-10,13H,2-7H2,1H3. The van der Waals surface area contributed by atoms with Gasteiger partial charge in [0.15, 0.2) is 0 Å². The van der Waals surface area contributed by atoms with E-state index in [0.717, 1.165) is 37.9 Å². The summed E-state index contributed by atoms with van der Waals surface area (Å²) in [5.41, 5.74) is 0.818. The van der Waals surface area contributed by atoms with Gasteiger partial charge < -0.3 is 9.47 Å². The molecule has 0 amide bonds. The lowest BCUT2D eigenvalue weighted by Crippen LogP contribution is -2.19. The van der Waals surface area contributed by atoms with Crippen molar-refractivity contribution >= 4 is 27.5 Å². The van der Waals surface area contributed by atoms with Gasteiger partial charge in [0.2, 0.25) is 0 Å². The summed E-state index contributed by atoms with van der Waals surface area (Å²) in [4.78, 5) is 0. The summed E-state index contributed by atoms with van der Waals surface area (Å²) < 4.78 is 24.8. The molecule has 20 heavy (non-hydrogen) atoms. The molecule has 1 saturated heterocycles. The van der Waals surface area contributed by atoms with Crippen molar-refractivity contribution in [2.24, 2.45) is 0 Å². The molecule has 2 nitrogen and oxygen atoms in total. The highest BCUT2D eigenvalue weighted by Crippen LogP contribution is 2.37. The number of hydrogen-bond donors (Lipinski definition) is 0. The van der Waals surface area contributed by atoms with E-state index < -0.39 is 0 Å². The highest BCUT2D eigenvalue weighted by Gasteiger charge is 2.20. The number of alkyl halides is 1. The lowest BCUT2D eigenvalue weighted by atomic mass is 10.0. The van der Waals surface area contributed by atoms with Gasteiger partial charge in [0, 0.05) is 18.2 Å². The van der Waals surface area contributed by atoms with Gasteiger partial charge >= 0.3 is 0 Å². The van der Waals surface area contributed by atoms with Crippen LogP contribution >= 0.6 is 27.5 Å². The molecule has 2 rings (SSSR count). The van der Waals surface area contributed by atoms with Crippen molar-refractivity contribution in [3.8, 4) is 5.75 Å². The second-order valence-electron chi connectivity index (χ2n) is 5.04. The summed E-state index contributed by atoms with van der Waals surface area (Å²) >= 11 is 9.65. The van der Waals surface area contributed by atoms with E-state index in [1.54, 1.807) is 6.07 Å². The van der Waals surface area contributed by atoms with Crippen LogP contribution in [0.3, 0.4) is 0 Å². The Balaban J connectivity index is 2.00. The molecule has 0 aromatic heterocycles. The number of rotatable bonds is 5. The molecular formula is C15H19BrClFO2. The van der Waals surface area contributed by atoms with Crippen LogP contribution in [-0.4, -0.2) is 19.8 Å². The van der Waals surface area contributed by atoms with Gasteiger partial charge in [-0.3, -0.25) is 0 Å². The number of benzene rings is 1. The van der Waals surface area contributed by atoms with Crippen LogP contribution < -0.4 is 4.74 Å². The average Bonchev–Trinajstić information content (AvgIpc) is 2.48. The summed E-state index contributed by atoms with van der Waals surface area (Å²) in [7, 11) is 1.53. The molecule has 1 aliphatic heterocycles. The first-order valence-electron chi connectivity index (χ1n) is 6.90. The zero-order valence-corrected chi connectivity index (χ0v) is 13.8. The largest absolute Gasteiger partial charge is 0.496 e. The Morgan fingerprint density at radius 1 is 1.50 bits per heavy atom. The Kier molecular flexibility index (Phi) is 6.12. The molecule has 0 aliphatic carbocycles. The first-order chi connectivity index (χ1) is 9.61. The molecule has 5 heteroatoms. The minimum atomic E-state index is -0.343. The number of hydrogen-bond acceptors (Lipinski definition) is 2. The maximum Gasteiger partial charge on any atom is 0.141 e. The molecule has 0 radical (unpaired) electrons. The predicted octanol–water partition coefficient (Wildman–Crippen LogP) is 5.23. The minimum absolute atomic E-state index is 0.202. The molecule has 0 spiro atoms. The van der Waals surface area contributed by atoms with Gasteiger partial charge in [0.25, 0.3) is 0 Å². The summed E-state index contributed by atoms with van der Waals surface area (Å²) in [6.07, 6.45) is 5.50. The summed E-state index contributed by atoms with van der Waals surface area (Å²) in [5.74, 6) is 0.153. The summed E-state index contributed by atoms with van der Waals surface area (Å²) in [5, 5.41) is -0.202. The number of halogens is 3. The topological polar surface area (TPSA) is 18.5 Å². The molecule has 0 bridgehead atoms. The third kappa shape index (κ3) is 4.09. The molecule has 1 aromatic carbocycles. The van der Waals surface area contributed by atoms with Gasteiger partial charge in [-0.1, -0.05) is 0 Å². The summed E-state index contributed by atoms with van der Waals surface area (Å²) in [6.45, 7) is 0.850. The normalized spacial score (nSPS) is 20.7. The lowest BCUT2D eigenvalue weighted by molar-refractivity contribution is 0.00998. The first-order valence-corrected chi connectivity index (χ1v) is 8.13. The molecule has 0 N–H and O–H groups in total. The van der Waals surface area contributed by atoms with Crippen LogP contribution in [0.15, 0.2) is 16.6 Å². The third-order valence-corrected chi connectivity index (χ3v) is 4.69. The maximum atomic E-state index is 13.5. The van der Waals surface area contributed by atoms with Crippen molar-refractivity contribution in [1.82, 2.24) is 0 Å². The lowest BCUT2D eigenvalue weighted by Gasteiger charge is -2.23. The van der Waals surface area contributed by atoms with Crippen LogP contribution in [0.5, 0.6) is 5.75 Å². The first kappa shape index (κ1) is 16.1. The van der Waals surface area contributed by atoms with E-state index in [2.05, 4.69) is 15.9 Å². The Morgan fingerprint density at radius 2 is 2.30 bits per heavy atom. The van der Waals surface area contributed by atoms with E-state index in [9.17, 15) is 4.39 Å². The van der Waals surface area contributed by atoms with Crippen LogP contribution in [0.2, 0.25) is 0 Å². The van der Waals surface area contributed by atoms with E-state index in [1.165, 1.54) is 19.6 Å². The monoisotopic (exact) mass is 364 g/mol. The molecule has 2 atom stereocenters. The fraction of sp³-hybridized carbons (Fsp3) is 0.600. The quantitative estimate of drug-likeness (QED) is 0.666. The highest BCUT2D eigenvalue weighted by molar-refractivity contribution is 9.10. The fourth-order valence-corrected chi connectivity index (χ4v) is 3.15. The Morgan fingerprint density at radius 3 is 2.95 bits per heavy atom. The predicted molar refractivity (Wildman–Crippen MR) is 82.1 cm³/mol. The van der Waals surface area contributed by atoms with Gasteiger partial charge in [-0.2, -0.15) is 0 Å². The van der Waals surface area contributed by atoms with E-state index in [1.807, 2.05) is 0 Å². The smallest absolute Gasteiger partial charge is 0.141 e. The third-order valence-electron chi connectivity index (χ3n) is 3.63. The maximum absolute atomic E-state index is 13.5. The SMILES string of the molecule is COc1cc(F)c(Br)cc1C(Cl)CCC1CCCCO1. The van der Waals surface area contributed by atoms with Gasteiger partial charge in [-0.15, -0.1) is 11.6 Å². The molecular weight excluding hydrogens is 347 g/mol. The van der Waals surface area contributed by atoms with Crippen molar-refractivity contribution in [3.05, 3.63) is 28.0 Å². The van der Waals surface area contributed by atoms with Crippen molar-refractivity contribution < 1.29 is 13.9 Å².